The lowest BCUT2D eigenvalue weighted by Crippen LogP contribution is -2.27. The van der Waals surface area contributed by atoms with Crippen molar-refractivity contribution in [2.75, 3.05) is 6.54 Å². The molecule has 110 valence electrons. The van der Waals surface area contributed by atoms with Crippen LogP contribution in [0.3, 0.4) is 0 Å². The van der Waals surface area contributed by atoms with Crippen molar-refractivity contribution >= 4 is 5.91 Å². The third kappa shape index (κ3) is 5.00. The maximum absolute atomic E-state index is 12.7. The first-order valence-electron chi connectivity index (χ1n) is 6.89. The minimum absolute atomic E-state index is 0.0351. The number of carbonyl (C=O) groups is 1. The van der Waals surface area contributed by atoms with Crippen molar-refractivity contribution in [1.29, 1.82) is 0 Å². The summed E-state index contributed by atoms with van der Waals surface area (Å²) >= 11 is 0. The number of hydrogen-bond acceptors (Lipinski definition) is 2. The van der Waals surface area contributed by atoms with Gasteiger partial charge in [-0.2, -0.15) is 0 Å². The summed E-state index contributed by atoms with van der Waals surface area (Å²) in [6.45, 7) is 0.464. The van der Waals surface area contributed by atoms with Crippen LogP contribution in [-0.2, 0) is 11.2 Å². The third-order valence-electron chi connectivity index (χ3n) is 3.21. The second-order valence-electron chi connectivity index (χ2n) is 4.86. The second-order valence-corrected chi connectivity index (χ2v) is 4.86. The molecule has 0 aliphatic heterocycles. The maximum atomic E-state index is 12.7. The minimum atomic E-state index is -0.794. The van der Waals surface area contributed by atoms with Crippen molar-refractivity contribution < 1.29 is 14.3 Å². The van der Waals surface area contributed by atoms with Crippen LogP contribution >= 0.6 is 0 Å². The lowest BCUT2D eigenvalue weighted by molar-refractivity contribution is -0.123. The summed E-state index contributed by atoms with van der Waals surface area (Å²) in [5.41, 5.74) is 1.69. The van der Waals surface area contributed by atoms with E-state index in [9.17, 15) is 14.3 Å². The average molecular weight is 287 g/mol. The number of rotatable bonds is 6. The van der Waals surface area contributed by atoms with E-state index in [2.05, 4.69) is 5.32 Å². The van der Waals surface area contributed by atoms with Gasteiger partial charge in [-0.1, -0.05) is 42.5 Å². The molecule has 1 unspecified atom stereocenters. The molecule has 0 spiro atoms. The predicted molar refractivity (Wildman–Crippen MR) is 79.1 cm³/mol. The molecule has 0 radical (unpaired) electrons. The number of amides is 1. The minimum Gasteiger partial charge on any atom is -0.388 e. The molecule has 0 heterocycles. The first-order valence-corrected chi connectivity index (χ1v) is 6.89. The summed E-state index contributed by atoms with van der Waals surface area (Å²) in [6, 6.07) is 15.3. The molecule has 2 aromatic rings. The van der Waals surface area contributed by atoms with Crippen LogP contribution in [-0.4, -0.2) is 17.6 Å². The number of nitrogens with one attached hydrogen (secondary N) is 1. The van der Waals surface area contributed by atoms with Crippen LogP contribution in [0.4, 0.5) is 4.39 Å². The molecular formula is C17H18FNO2. The first kappa shape index (κ1) is 15.2. The van der Waals surface area contributed by atoms with E-state index in [-0.39, 0.29) is 18.1 Å². The fraction of sp³-hybridized carbons (Fsp3) is 0.235. The fourth-order valence-electron chi connectivity index (χ4n) is 2.04. The molecule has 0 aliphatic rings. The van der Waals surface area contributed by atoms with E-state index in [0.29, 0.717) is 13.0 Å². The van der Waals surface area contributed by atoms with Crippen molar-refractivity contribution in [2.45, 2.75) is 18.9 Å². The summed E-state index contributed by atoms with van der Waals surface area (Å²) < 4.78 is 12.7. The van der Waals surface area contributed by atoms with Crippen LogP contribution in [0.25, 0.3) is 0 Å². The Morgan fingerprint density at radius 2 is 1.76 bits per heavy atom. The maximum Gasteiger partial charge on any atom is 0.222 e. The molecule has 0 saturated carbocycles. The van der Waals surface area contributed by atoms with Gasteiger partial charge in [0, 0.05) is 6.54 Å². The first-order chi connectivity index (χ1) is 10.1. The Hall–Kier alpha value is -2.20. The number of carbonyl (C=O) groups excluding carboxylic acids is 1. The van der Waals surface area contributed by atoms with Crippen molar-refractivity contribution in [3.63, 3.8) is 0 Å². The lowest BCUT2D eigenvalue weighted by Gasteiger charge is -2.11. The Labute approximate surface area is 123 Å². The van der Waals surface area contributed by atoms with Crippen LogP contribution in [0.2, 0.25) is 0 Å². The van der Waals surface area contributed by atoms with Crippen molar-refractivity contribution in [3.05, 3.63) is 71.5 Å². The van der Waals surface area contributed by atoms with E-state index in [1.807, 2.05) is 18.2 Å². The highest BCUT2D eigenvalue weighted by molar-refractivity contribution is 5.76. The number of hydrogen-bond donors (Lipinski definition) is 2. The van der Waals surface area contributed by atoms with E-state index in [1.54, 1.807) is 24.3 Å². The van der Waals surface area contributed by atoms with Gasteiger partial charge in [-0.3, -0.25) is 4.79 Å². The van der Waals surface area contributed by atoms with Gasteiger partial charge in [0.2, 0.25) is 5.91 Å². The quantitative estimate of drug-likeness (QED) is 0.858. The number of benzene rings is 2. The summed E-state index contributed by atoms with van der Waals surface area (Å²) in [5, 5.41) is 12.7. The molecule has 0 saturated heterocycles. The van der Waals surface area contributed by atoms with Gasteiger partial charge in [0.15, 0.2) is 0 Å². The van der Waals surface area contributed by atoms with Gasteiger partial charge in [0.1, 0.15) is 5.82 Å². The fourth-order valence-corrected chi connectivity index (χ4v) is 2.04. The highest BCUT2D eigenvalue weighted by Gasteiger charge is 2.12. The van der Waals surface area contributed by atoms with Crippen LogP contribution in [0.15, 0.2) is 54.6 Å². The van der Waals surface area contributed by atoms with E-state index >= 15 is 0 Å². The molecule has 0 fully saturated rings. The van der Waals surface area contributed by atoms with Gasteiger partial charge in [-0.15, -0.1) is 0 Å². The summed E-state index contributed by atoms with van der Waals surface area (Å²) in [4.78, 5) is 11.7. The van der Waals surface area contributed by atoms with Gasteiger partial charge < -0.3 is 10.4 Å². The number of aliphatic hydroxyl groups excluding tert-OH is 1. The monoisotopic (exact) mass is 287 g/mol. The summed E-state index contributed by atoms with van der Waals surface area (Å²) in [5.74, 6) is -0.470. The Morgan fingerprint density at radius 1 is 1.10 bits per heavy atom. The molecule has 3 nitrogen and oxygen atoms in total. The number of halogens is 1. The van der Waals surface area contributed by atoms with Gasteiger partial charge in [0.05, 0.1) is 12.5 Å². The van der Waals surface area contributed by atoms with E-state index in [4.69, 9.17) is 0 Å². The van der Waals surface area contributed by atoms with Crippen LogP contribution < -0.4 is 5.32 Å². The third-order valence-corrected chi connectivity index (χ3v) is 3.21. The van der Waals surface area contributed by atoms with E-state index < -0.39 is 6.10 Å². The van der Waals surface area contributed by atoms with Gasteiger partial charge in [-0.05, 0) is 29.7 Å². The molecule has 2 aromatic carbocycles. The molecule has 1 amide bonds. The van der Waals surface area contributed by atoms with Crippen molar-refractivity contribution in [2.24, 2.45) is 0 Å². The smallest absolute Gasteiger partial charge is 0.222 e. The second kappa shape index (κ2) is 7.55. The molecule has 2 rings (SSSR count). The van der Waals surface area contributed by atoms with Crippen LogP contribution in [0.5, 0.6) is 0 Å². The van der Waals surface area contributed by atoms with Gasteiger partial charge in [0.25, 0.3) is 0 Å². The molecule has 1 atom stereocenters. The van der Waals surface area contributed by atoms with Crippen molar-refractivity contribution in [3.8, 4) is 0 Å². The average Bonchev–Trinajstić information content (AvgIpc) is 2.50. The van der Waals surface area contributed by atoms with Gasteiger partial charge in [-0.25, -0.2) is 4.39 Å². The van der Waals surface area contributed by atoms with Crippen molar-refractivity contribution in [1.82, 2.24) is 5.32 Å². The predicted octanol–water partition coefficient (Wildman–Crippen LogP) is 2.61. The Balaban J connectivity index is 1.73. The Bertz CT molecular complexity index is 569. The Morgan fingerprint density at radius 3 is 2.43 bits per heavy atom. The topological polar surface area (TPSA) is 49.3 Å². The van der Waals surface area contributed by atoms with Crippen LogP contribution in [0, 0.1) is 5.82 Å². The standard InChI is InChI=1S/C17H18FNO2/c18-15-8-6-13(7-9-15)10-11-19-17(21)12-16(20)14-4-2-1-3-5-14/h1-9,16,20H,10-12H2,(H,19,21). The zero-order valence-corrected chi connectivity index (χ0v) is 11.6. The SMILES string of the molecule is O=C(CC(O)c1ccccc1)NCCc1ccc(F)cc1. The molecule has 0 aromatic heterocycles. The summed E-state index contributed by atoms with van der Waals surface area (Å²) in [6.07, 6.45) is -0.127. The summed E-state index contributed by atoms with van der Waals surface area (Å²) in [7, 11) is 0. The largest absolute Gasteiger partial charge is 0.388 e. The van der Waals surface area contributed by atoms with E-state index in [1.165, 1.54) is 12.1 Å². The number of aliphatic hydroxyl groups is 1. The zero-order valence-electron chi connectivity index (χ0n) is 11.6. The lowest BCUT2D eigenvalue weighted by atomic mass is 10.1. The van der Waals surface area contributed by atoms with E-state index in [0.717, 1.165) is 11.1 Å². The van der Waals surface area contributed by atoms with Crippen LogP contribution in [0.1, 0.15) is 23.7 Å². The molecule has 0 bridgehead atoms. The highest BCUT2D eigenvalue weighted by Crippen LogP contribution is 2.15. The molecule has 21 heavy (non-hydrogen) atoms. The normalized spacial score (nSPS) is 11.9. The molecule has 0 aliphatic carbocycles. The van der Waals surface area contributed by atoms with Gasteiger partial charge >= 0.3 is 0 Å². The zero-order chi connectivity index (χ0) is 15.1. The molecular weight excluding hydrogens is 269 g/mol. The molecule has 4 heteroatoms. The molecule has 2 N–H and O–H groups in total. The highest BCUT2D eigenvalue weighted by atomic mass is 19.1. The Kier molecular flexibility index (Phi) is 5.46.